The molecule has 0 aliphatic carbocycles. The Morgan fingerprint density at radius 1 is 1.18 bits per heavy atom. The summed E-state index contributed by atoms with van der Waals surface area (Å²) in [6, 6.07) is 13.1. The van der Waals surface area contributed by atoms with E-state index in [1.807, 2.05) is 24.3 Å². The lowest BCUT2D eigenvalue weighted by atomic mass is 10.0. The highest BCUT2D eigenvalue weighted by molar-refractivity contribution is 5.89. The number of rotatable bonds is 9. The molecule has 2 N–H and O–H groups in total. The fourth-order valence-electron chi connectivity index (χ4n) is 3.00. The number of nitrogens with one attached hydrogen (secondary N) is 2. The summed E-state index contributed by atoms with van der Waals surface area (Å²) < 4.78 is 5.32. The van der Waals surface area contributed by atoms with E-state index in [2.05, 4.69) is 29.4 Å². The van der Waals surface area contributed by atoms with Crippen molar-refractivity contribution in [1.82, 2.24) is 10.2 Å². The number of ether oxygens (including phenoxy) is 1. The van der Waals surface area contributed by atoms with Gasteiger partial charge in [-0.1, -0.05) is 26.0 Å². The van der Waals surface area contributed by atoms with Crippen molar-refractivity contribution in [2.24, 2.45) is 0 Å². The number of nitro benzene ring substituents is 1. The fourth-order valence-corrected chi connectivity index (χ4v) is 3.00. The van der Waals surface area contributed by atoms with Crippen LogP contribution in [0.15, 0.2) is 48.5 Å². The Balaban J connectivity index is 2.05. The number of carbonyl (C=O) groups is 1. The van der Waals surface area contributed by atoms with Gasteiger partial charge < -0.3 is 15.4 Å². The first-order valence-electron chi connectivity index (χ1n) is 9.15. The second kappa shape index (κ2) is 10.3. The third-order valence-corrected chi connectivity index (χ3v) is 4.52. The number of nitrogens with zero attached hydrogens (tertiary/aromatic N) is 2. The molecule has 0 saturated carbocycles. The van der Waals surface area contributed by atoms with Crippen molar-refractivity contribution in [3.8, 4) is 5.75 Å². The summed E-state index contributed by atoms with van der Waals surface area (Å²) in [6.45, 7) is 6.24. The van der Waals surface area contributed by atoms with Gasteiger partial charge in [0.15, 0.2) is 0 Å². The average Bonchev–Trinajstić information content (AvgIpc) is 2.71. The Hall–Kier alpha value is -3.13. The lowest BCUT2D eigenvalue weighted by molar-refractivity contribution is -0.384. The van der Waals surface area contributed by atoms with Gasteiger partial charge in [-0.2, -0.15) is 0 Å². The summed E-state index contributed by atoms with van der Waals surface area (Å²) in [4.78, 5) is 24.8. The molecule has 28 heavy (non-hydrogen) atoms. The van der Waals surface area contributed by atoms with Crippen LogP contribution in [-0.4, -0.2) is 42.6 Å². The summed E-state index contributed by atoms with van der Waals surface area (Å²) in [6.07, 6.45) is 0. The third-order valence-electron chi connectivity index (χ3n) is 4.52. The van der Waals surface area contributed by atoms with Gasteiger partial charge in [0.1, 0.15) is 5.75 Å². The van der Waals surface area contributed by atoms with E-state index in [0.29, 0.717) is 12.2 Å². The molecule has 150 valence electrons. The highest BCUT2D eigenvalue weighted by atomic mass is 16.6. The minimum atomic E-state index is -0.479. The average molecular weight is 386 g/mol. The number of anilines is 1. The molecule has 0 spiro atoms. The number of nitro groups is 1. The van der Waals surface area contributed by atoms with Gasteiger partial charge in [0.25, 0.3) is 5.69 Å². The zero-order valence-electron chi connectivity index (χ0n) is 16.3. The molecule has 0 aromatic heterocycles. The molecule has 2 aromatic rings. The van der Waals surface area contributed by atoms with Crippen molar-refractivity contribution < 1.29 is 14.5 Å². The molecule has 2 aromatic carbocycles. The number of hydrogen-bond donors (Lipinski definition) is 2. The van der Waals surface area contributed by atoms with Gasteiger partial charge >= 0.3 is 6.03 Å². The Kier molecular flexibility index (Phi) is 7.76. The molecule has 2 rings (SSSR count). The van der Waals surface area contributed by atoms with E-state index < -0.39 is 4.92 Å². The maximum atomic E-state index is 12.3. The molecule has 1 unspecified atom stereocenters. The Bertz CT molecular complexity index is 791. The van der Waals surface area contributed by atoms with Gasteiger partial charge in [0, 0.05) is 24.4 Å². The van der Waals surface area contributed by atoms with Gasteiger partial charge in [0.2, 0.25) is 0 Å². The molecular weight excluding hydrogens is 360 g/mol. The van der Waals surface area contributed by atoms with Crippen LogP contribution in [0.5, 0.6) is 5.75 Å². The topological polar surface area (TPSA) is 96.7 Å². The highest BCUT2D eigenvalue weighted by Crippen LogP contribution is 2.24. The third kappa shape index (κ3) is 5.68. The summed E-state index contributed by atoms with van der Waals surface area (Å²) in [5.74, 6) is 0.769. The van der Waals surface area contributed by atoms with E-state index in [0.717, 1.165) is 24.4 Å². The Labute approximate surface area is 164 Å². The normalized spacial score (nSPS) is 11.7. The monoisotopic (exact) mass is 386 g/mol. The van der Waals surface area contributed by atoms with Gasteiger partial charge in [-0.25, -0.2) is 4.79 Å². The SMILES string of the molecule is CCN(CC)C(CNC(=O)Nc1ccc([N+](=O)[O-])cc1)c1cccc(OC)c1. The zero-order chi connectivity index (χ0) is 20.5. The minimum absolute atomic E-state index is 0.00675. The summed E-state index contributed by atoms with van der Waals surface area (Å²) in [5.41, 5.74) is 1.52. The quantitative estimate of drug-likeness (QED) is 0.505. The molecule has 0 radical (unpaired) electrons. The van der Waals surface area contributed by atoms with E-state index in [-0.39, 0.29) is 17.8 Å². The molecule has 0 aliphatic rings. The molecule has 0 saturated heterocycles. The number of urea groups is 1. The molecule has 0 fully saturated rings. The maximum absolute atomic E-state index is 12.3. The number of hydrogen-bond acceptors (Lipinski definition) is 5. The number of likely N-dealkylation sites (N-methyl/N-ethyl adjacent to an activating group) is 1. The van der Waals surface area contributed by atoms with Crippen molar-refractivity contribution in [2.45, 2.75) is 19.9 Å². The Morgan fingerprint density at radius 2 is 1.86 bits per heavy atom. The number of benzene rings is 2. The van der Waals surface area contributed by atoms with Gasteiger partial charge in [-0.3, -0.25) is 15.0 Å². The van der Waals surface area contributed by atoms with Crippen molar-refractivity contribution in [3.63, 3.8) is 0 Å². The standard InChI is InChI=1S/C20H26N4O4/c1-4-23(5-2)19(15-7-6-8-18(13-15)28-3)14-21-20(25)22-16-9-11-17(12-10-16)24(26)27/h6-13,19H,4-5,14H2,1-3H3,(H2,21,22,25). The first-order valence-corrected chi connectivity index (χ1v) is 9.15. The van der Waals surface area contributed by atoms with E-state index in [9.17, 15) is 14.9 Å². The lowest BCUT2D eigenvalue weighted by Crippen LogP contribution is -2.39. The molecule has 0 aliphatic heterocycles. The minimum Gasteiger partial charge on any atom is -0.497 e. The fraction of sp³-hybridized carbons (Fsp3) is 0.350. The number of amides is 2. The largest absolute Gasteiger partial charge is 0.497 e. The van der Waals surface area contributed by atoms with Crippen molar-refractivity contribution in [2.75, 3.05) is 32.1 Å². The van der Waals surface area contributed by atoms with Crippen LogP contribution in [0.1, 0.15) is 25.5 Å². The molecule has 2 amide bonds. The van der Waals surface area contributed by atoms with Gasteiger partial charge in [0.05, 0.1) is 18.1 Å². The van der Waals surface area contributed by atoms with Crippen LogP contribution in [0.25, 0.3) is 0 Å². The molecule has 8 heteroatoms. The first-order chi connectivity index (χ1) is 13.5. The maximum Gasteiger partial charge on any atom is 0.319 e. The summed E-state index contributed by atoms with van der Waals surface area (Å²) in [7, 11) is 1.63. The number of methoxy groups -OCH3 is 1. The second-order valence-electron chi connectivity index (χ2n) is 6.15. The van der Waals surface area contributed by atoms with Crippen LogP contribution in [0.4, 0.5) is 16.2 Å². The van der Waals surface area contributed by atoms with Crippen LogP contribution in [0.2, 0.25) is 0 Å². The van der Waals surface area contributed by atoms with Crippen LogP contribution in [0.3, 0.4) is 0 Å². The predicted octanol–water partition coefficient (Wildman–Crippen LogP) is 3.81. The highest BCUT2D eigenvalue weighted by Gasteiger charge is 2.19. The van der Waals surface area contributed by atoms with Crippen LogP contribution in [0, 0.1) is 10.1 Å². The van der Waals surface area contributed by atoms with Crippen LogP contribution in [-0.2, 0) is 0 Å². The molecule has 8 nitrogen and oxygen atoms in total. The first kappa shape index (κ1) is 21.2. The zero-order valence-corrected chi connectivity index (χ0v) is 16.3. The van der Waals surface area contributed by atoms with Crippen molar-refractivity contribution >= 4 is 17.4 Å². The van der Waals surface area contributed by atoms with Crippen LogP contribution >= 0.6 is 0 Å². The predicted molar refractivity (Wildman–Crippen MR) is 109 cm³/mol. The van der Waals surface area contributed by atoms with Crippen molar-refractivity contribution in [3.05, 3.63) is 64.2 Å². The molecular formula is C20H26N4O4. The van der Waals surface area contributed by atoms with Gasteiger partial charge in [-0.05, 0) is 42.9 Å². The van der Waals surface area contributed by atoms with E-state index in [1.165, 1.54) is 24.3 Å². The smallest absolute Gasteiger partial charge is 0.319 e. The van der Waals surface area contributed by atoms with E-state index in [4.69, 9.17) is 4.74 Å². The Morgan fingerprint density at radius 3 is 2.43 bits per heavy atom. The van der Waals surface area contributed by atoms with Gasteiger partial charge in [-0.15, -0.1) is 0 Å². The van der Waals surface area contributed by atoms with E-state index >= 15 is 0 Å². The summed E-state index contributed by atoms with van der Waals surface area (Å²) >= 11 is 0. The molecule has 0 heterocycles. The molecule has 0 bridgehead atoms. The summed E-state index contributed by atoms with van der Waals surface area (Å²) in [5, 5.41) is 16.3. The van der Waals surface area contributed by atoms with Crippen LogP contribution < -0.4 is 15.4 Å². The lowest BCUT2D eigenvalue weighted by Gasteiger charge is -2.30. The van der Waals surface area contributed by atoms with Crippen molar-refractivity contribution in [1.29, 1.82) is 0 Å². The number of carbonyl (C=O) groups excluding carboxylic acids is 1. The van der Waals surface area contributed by atoms with E-state index in [1.54, 1.807) is 7.11 Å². The molecule has 1 atom stereocenters. The second-order valence-corrected chi connectivity index (χ2v) is 6.15. The number of non-ortho nitro benzene ring substituents is 1.